The smallest absolute Gasteiger partial charge is 0.242 e. The summed E-state index contributed by atoms with van der Waals surface area (Å²) in [7, 11) is 1.57. The van der Waals surface area contributed by atoms with Gasteiger partial charge in [0.2, 0.25) is 5.91 Å². The van der Waals surface area contributed by atoms with Crippen molar-refractivity contribution in [2.75, 3.05) is 7.11 Å². The number of ether oxygens (including phenoxy) is 1. The average Bonchev–Trinajstić information content (AvgIpc) is 3.12. The van der Waals surface area contributed by atoms with Crippen LogP contribution in [0.15, 0.2) is 41.0 Å². The molecule has 2 heterocycles. The van der Waals surface area contributed by atoms with Crippen LogP contribution in [0.1, 0.15) is 11.3 Å². The van der Waals surface area contributed by atoms with E-state index in [2.05, 4.69) is 0 Å². The van der Waals surface area contributed by atoms with Crippen LogP contribution in [0.5, 0.6) is 5.75 Å². The summed E-state index contributed by atoms with van der Waals surface area (Å²) in [5, 5.41) is 0.303. The molecule has 1 fully saturated rings. The molecule has 1 aliphatic heterocycles. The van der Waals surface area contributed by atoms with Gasteiger partial charge in [0.15, 0.2) is 0 Å². The van der Waals surface area contributed by atoms with Crippen LogP contribution in [0.4, 0.5) is 0 Å². The van der Waals surface area contributed by atoms with E-state index < -0.39 is 0 Å². The number of carbonyl (C=O) groups is 1. The Morgan fingerprint density at radius 2 is 2.26 bits per heavy atom. The topological polar surface area (TPSA) is 42.7 Å². The predicted octanol–water partition coefficient (Wildman–Crippen LogP) is 3.91. The third kappa shape index (κ3) is 3.54. The summed E-state index contributed by atoms with van der Waals surface area (Å²) in [5.74, 6) is 1.34. The fourth-order valence-corrected chi connectivity index (χ4v) is 4.19. The summed E-state index contributed by atoms with van der Waals surface area (Å²) in [6.45, 7) is 0.373. The number of nitrogens with zero attached hydrogens (tertiary/aromatic N) is 1. The molecule has 0 spiro atoms. The van der Waals surface area contributed by atoms with Gasteiger partial charge < -0.3 is 9.15 Å². The van der Waals surface area contributed by atoms with Crippen LogP contribution in [0, 0.1) is 0 Å². The number of carbonyl (C=O) groups excluding carboxylic acids is 1. The van der Waals surface area contributed by atoms with Crippen LogP contribution in [-0.2, 0) is 17.8 Å². The second kappa shape index (κ2) is 6.95. The number of amides is 1. The highest BCUT2D eigenvalue weighted by Gasteiger charge is 2.37. The molecule has 1 saturated heterocycles. The lowest BCUT2D eigenvalue weighted by Crippen LogP contribution is -2.31. The number of hydrogen-bond donors (Lipinski definition) is 0. The molecule has 4 nitrogen and oxygen atoms in total. The number of methoxy groups -OCH3 is 1. The van der Waals surface area contributed by atoms with E-state index >= 15 is 0 Å². The Hall–Kier alpha value is -1.50. The van der Waals surface area contributed by atoms with Crippen molar-refractivity contribution in [2.45, 2.75) is 18.2 Å². The fraction of sp³-hybridized carbons (Fsp3) is 0.250. The first kappa shape index (κ1) is 16.4. The first-order valence-electron chi connectivity index (χ1n) is 6.95. The lowest BCUT2D eigenvalue weighted by atomic mass is 10.1. The molecule has 0 bridgehead atoms. The zero-order valence-electron chi connectivity index (χ0n) is 12.3. The van der Waals surface area contributed by atoms with Gasteiger partial charge in [-0.05, 0) is 36.2 Å². The largest absolute Gasteiger partial charge is 0.495 e. The first-order valence-corrected chi connectivity index (χ1v) is 8.62. The zero-order chi connectivity index (χ0) is 16.4. The fourth-order valence-electron chi connectivity index (χ4n) is 2.38. The molecule has 3 rings (SSSR count). The third-order valence-electron chi connectivity index (χ3n) is 3.54. The second-order valence-corrected chi connectivity index (χ2v) is 7.29. The van der Waals surface area contributed by atoms with Crippen LogP contribution in [0.25, 0.3) is 0 Å². The van der Waals surface area contributed by atoms with Gasteiger partial charge in [-0.15, -0.1) is 0 Å². The molecule has 0 radical (unpaired) electrons. The van der Waals surface area contributed by atoms with Crippen LogP contribution < -0.4 is 4.74 Å². The summed E-state index contributed by atoms with van der Waals surface area (Å²) in [5.41, 5.74) is 0.976. The Morgan fingerprint density at radius 1 is 1.43 bits per heavy atom. The Kier molecular flexibility index (Phi) is 4.94. The molecule has 1 amide bonds. The Labute approximate surface area is 148 Å². The van der Waals surface area contributed by atoms with Crippen molar-refractivity contribution >= 4 is 45.8 Å². The molecule has 0 aliphatic carbocycles. The number of hydrogen-bond acceptors (Lipinski definition) is 5. The SMILES string of the molecule is COc1ccc(C[C@@H]2SC(=S)N(Cc3ccco3)C2=O)cc1Cl. The monoisotopic (exact) mass is 367 g/mol. The second-order valence-electron chi connectivity index (χ2n) is 5.05. The first-order chi connectivity index (χ1) is 11.1. The van der Waals surface area contributed by atoms with E-state index in [0.717, 1.165) is 11.3 Å². The number of thioether (sulfide) groups is 1. The summed E-state index contributed by atoms with van der Waals surface area (Å²) in [4.78, 5) is 14.2. The Bertz CT molecular complexity index is 733. The maximum Gasteiger partial charge on any atom is 0.242 e. The zero-order valence-corrected chi connectivity index (χ0v) is 14.7. The lowest BCUT2D eigenvalue weighted by Gasteiger charge is -2.14. The minimum absolute atomic E-state index is 0.00309. The van der Waals surface area contributed by atoms with E-state index in [-0.39, 0.29) is 11.2 Å². The molecule has 120 valence electrons. The van der Waals surface area contributed by atoms with Gasteiger partial charge in [0.05, 0.1) is 30.2 Å². The van der Waals surface area contributed by atoms with Gasteiger partial charge >= 0.3 is 0 Å². The van der Waals surface area contributed by atoms with E-state index in [1.807, 2.05) is 18.2 Å². The molecule has 1 atom stereocenters. The van der Waals surface area contributed by atoms with Crippen LogP contribution in [0.3, 0.4) is 0 Å². The normalized spacial score (nSPS) is 17.8. The van der Waals surface area contributed by atoms with Crippen molar-refractivity contribution < 1.29 is 13.9 Å². The molecule has 0 N–H and O–H groups in total. The minimum Gasteiger partial charge on any atom is -0.495 e. The molecule has 7 heteroatoms. The van der Waals surface area contributed by atoms with E-state index in [1.54, 1.807) is 30.4 Å². The Balaban J connectivity index is 1.71. The van der Waals surface area contributed by atoms with Crippen molar-refractivity contribution in [1.29, 1.82) is 0 Å². The standard InChI is InChI=1S/C16H14ClNO3S2/c1-20-13-5-4-10(7-12(13)17)8-14-15(19)18(16(22)23-14)9-11-3-2-6-21-11/h2-7,14H,8-9H2,1H3/t14-/m0/s1. The van der Waals surface area contributed by atoms with Crippen LogP contribution >= 0.6 is 35.6 Å². The minimum atomic E-state index is -0.234. The highest BCUT2D eigenvalue weighted by atomic mass is 35.5. The van der Waals surface area contributed by atoms with E-state index in [4.69, 9.17) is 33.0 Å². The van der Waals surface area contributed by atoms with Crippen LogP contribution in [0.2, 0.25) is 5.02 Å². The molecule has 1 aliphatic rings. The number of thiocarbonyl (C=S) groups is 1. The van der Waals surface area contributed by atoms with Gasteiger partial charge in [0.25, 0.3) is 0 Å². The summed E-state index contributed by atoms with van der Waals surface area (Å²) >= 11 is 12.9. The predicted molar refractivity (Wildman–Crippen MR) is 94.9 cm³/mol. The molecular formula is C16H14ClNO3S2. The molecular weight excluding hydrogens is 354 g/mol. The molecule has 0 saturated carbocycles. The van der Waals surface area contributed by atoms with E-state index in [0.29, 0.717) is 28.1 Å². The third-order valence-corrected chi connectivity index (χ3v) is 5.42. The van der Waals surface area contributed by atoms with Gasteiger partial charge in [-0.2, -0.15) is 0 Å². The maximum absolute atomic E-state index is 12.6. The number of furan rings is 1. The molecule has 1 aromatic heterocycles. The van der Waals surface area contributed by atoms with Crippen molar-refractivity contribution in [3.05, 3.63) is 52.9 Å². The number of halogens is 1. The molecule has 2 aromatic rings. The van der Waals surface area contributed by atoms with Crippen molar-refractivity contribution in [3.8, 4) is 5.75 Å². The maximum atomic E-state index is 12.6. The quantitative estimate of drug-likeness (QED) is 0.749. The molecule has 23 heavy (non-hydrogen) atoms. The highest BCUT2D eigenvalue weighted by molar-refractivity contribution is 8.24. The van der Waals surface area contributed by atoms with Gasteiger partial charge in [-0.3, -0.25) is 9.69 Å². The van der Waals surface area contributed by atoms with Crippen molar-refractivity contribution in [2.24, 2.45) is 0 Å². The van der Waals surface area contributed by atoms with Gasteiger partial charge in [0, 0.05) is 0 Å². The summed E-state index contributed by atoms with van der Waals surface area (Å²) < 4.78 is 11.0. The lowest BCUT2D eigenvalue weighted by molar-refractivity contribution is -0.126. The molecule has 0 unspecified atom stereocenters. The van der Waals surface area contributed by atoms with Gasteiger partial charge in [0.1, 0.15) is 15.8 Å². The van der Waals surface area contributed by atoms with Crippen molar-refractivity contribution in [3.63, 3.8) is 0 Å². The van der Waals surface area contributed by atoms with E-state index in [1.165, 1.54) is 11.8 Å². The summed E-state index contributed by atoms with van der Waals surface area (Å²) in [6, 6.07) is 9.17. The van der Waals surface area contributed by atoms with E-state index in [9.17, 15) is 4.79 Å². The van der Waals surface area contributed by atoms with Crippen molar-refractivity contribution in [1.82, 2.24) is 4.90 Å². The van der Waals surface area contributed by atoms with Gasteiger partial charge in [-0.25, -0.2) is 0 Å². The Morgan fingerprint density at radius 3 is 2.91 bits per heavy atom. The number of rotatable bonds is 5. The molecule has 1 aromatic carbocycles. The van der Waals surface area contributed by atoms with Crippen LogP contribution in [-0.4, -0.2) is 27.5 Å². The highest BCUT2D eigenvalue weighted by Crippen LogP contribution is 2.33. The average molecular weight is 368 g/mol. The summed E-state index contributed by atoms with van der Waals surface area (Å²) in [6.07, 6.45) is 2.16. The number of benzene rings is 1. The van der Waals surface area contributed by atoms with Gasteiger partial charge in [-0.1, -0.05) is 41.6 Å².